The average molecular weight is 313 g/mol. The summed E-state index contributed by atoms with van der Waals surface area (Å²) >= 11 is 5.77. The third-order valence-electron chi connectivity index (χ3n) is 4.18. The molecule has 2 nitrogen and oxygen atoms in total. The maximum Gasteiger partial charge on any atom is 0.142 e. The predicted molar refractivity (Wildman–Crippen MR) is 87.1 cm³/mol. The van der Waals surface area contributed by atoms with Crippen LogP contribution in [0.4, 0.5) is 4.39 Å². The van der Waals surface area contributed by atoms with E-state index < -0.39 is 0 Å². The third kappa shape index (κ3) is 4.18. The summed E-state index contributed by atoms with van der Waals surface area (Å²) in [4.78, 5) is 2.46. The van der Waals surface area contributed by atoms with Crippen LogP contribution in [0.2, 0.25) is 5.02 Å². The molecule has 1 unspecified atom stereocenters. The molecule has 1 heterocycles. The Balaban J connectivity index is 2.21. The van der Waals surface area contributed by atoms with Gasteiger partial charge in [0.2, 0.25) is 0 Å². The van der Waals surface area contributed by atoms with Gasteiger partial charge < -0.3 is 5.32 Å². The minimum absolute atomic E-state index is 0.0761. The molecule has 21 heavy (non-hydrogen) atoms. The number of halogens is 2. The number of hydrogen-bond acceptors (Lipinski definition) is 2. The SMILES string of the molecule is CC1(C)CN(Cc2ccc(Cl)c(F)c2)C(C(C)(C)C)CN1. The molecule has 0 aliphatic carbocycles. The van der Waals surface area contributed by atoms with E-state index in [9.17, 15) is 4.39 Å². The second-order valence-corrected chi connectivity index (χ2v) is 8.21. The molecule has 1 saturated heterocycles. The van der Waals surface area contributed by atoms with E-state index in [1.807, 2.05) is 6.07 Å². The normalized spacial score (nSPS) is 23.3. The van der Waals surface area contributed by atoms with Gasteiger partial charge in [0, 0.05) is 31.2 Å². The molecule has 1 aromatic rings. The van der Waals surface area contributed by atoms with Gasteiger partial charge in [-0.05, 0) is 37.0 Å². The van der Waals surface area contributed by atoms with E-state index in [-0.39, 0.29) is 21.8 Å². The van der Waals surface area contributed by atoms with Gasteiger partial charge in [-0.25, -0.2) is 4.39 Å². The molecule has 1 aliphatic rings. The monoisotopic (exact) mass is 312 g/mol. The van der Waals surface area contributed by atoms with Crippen molar-refractivity contribution in [1.29, 1.82) is 0 Å². The second-order valence-electron chi connectivity index (χ2n) is 7.80. The Labute approximate surface area is 132 Å². The molecule has 1 N–H and O–H groups in total. The lowest BCUT2D eigenvalue weighted by Gasteiger charge is -2.49. The highest BCUT2D eigenvalue weighted by Gasteiger charge is 2.38. The van der Waals surface area contributed by atoms with Gasteiger partial charge in [-0.15, -0.1) is 0 Å². The fraction of sp³-hybridized carbons (Fsp3) is 0.647. The van der Waals surface area contributed by atoms with Crippen LogP contribution in [0.25, 0.3) is 0 Å². The van der Waals surface area contributed by atoms with Gasteiger partial charge in [-0.3, -0.25) is 4.90 Å². The number of piperazine rings is 1. The molecule has 0 radical (unpaired) electrons. The van der Waals surface area contributed by atoms with E-state index in [0.717, 1.165) is 25.2 Å². The molecule has 4 heteroatoms. The Bertz CT molecular complexity index is 508. The summed E-state index contributed by atoms with van der Waals surface area (Å²) in [5, 5.41) is 3.80. The van der Waals surface area contributed by atoms with Gasteiger partial charge in [-0.1, -0.05) is 38.4 Å². The molecule has 0 amide bonds. The highest BCUT2D eigenvalue weighted by Crippen LogP contribution is 2.30. The molecule has 0 saturated carbocycles. The van der Waals surface area contributed by atoms with Crippen LogP contribution in [0.5, 0.6) is 0 Å². The summed E-state index contributed by atoms with van der Waals surface area (Å²) in [6, 6.07) is 5.53. The quantitative estimate of drug-likeness (QED) is 0.885. The van der Waals surface area contributed by atoms with Crippen LogP contribution in [-0.2, 0) is 6.54 Å². The van der Waals surface area contributed by atoms with Crippen molar-refractivity contribution < 1.29 is 4.39 Å². The fourth-order valence-corrected chi connectivity index (χ4v) is 3.19. The maximum absolute atomic E-state index is 13.7. The summed E-state index contributed by atoms with van der Waals surface area (Å²) in [5.74, 6) is -0.337. The van der Waals surface area contributed by atoms with Crippen LogP contribution in [0, 0.1) is 11.2 Å². The largest absolute Gasteiger partial charge is 0.309 e. The number of nitrogens with zero attached hydrogens (tertiary/aromatic N) is 1. The molecule has 0 spiro atoms. The van der Waals surface area contributed by atoms with Crippen molar-refractivity contribution in [3.63, 3.8) is 0 Å². The Morgan fingerprint density at radius 2 is 2.05 bits per heavy atom. The standard InChI is InChI=1S/C17H26ClFN2/c1-16(2,3)15-9-20-17(4,5)11-21(15)10-12-6-7-13(18)14(19)8-12/h6-8,15,20H,9-11H2,1-5H3. The topological polar surface area (TPSA) is 15.3 Å². The molecule has 118 valence electrons. The van der Waals surface area contributed by atoms with Gasteiger partial charge in [0.25, 0.3) is 0 Å². The first-order valence-electron chi connectivity index (χ1n) is 7.51. The molecule has 0 bridgehead atoms. The van der Waals surface area contributed by atoms with Crippen molar-refractivity contribution in [2.24, 2.45) is 5.41 Å². The van der Waals surface area contributed by atoms with Crippen molar-refractivity contribution >= 4 is 11.6 Å². The third-order valence-corrected chi connectivity index (χ3v) is 4.49. The van der Waals surface area contributed by atoms with Gasteiger partial charge in [0.05, 0.1) is 5.02 Å². The van der Waals surface area contributed by atoms with Crippen molar-refractivity contribution in [3.8, 4) is 0 Å². The van der Waals surface area contributed by atoms with Crippen LogP contribution in [0.1, 0.15) is 40.2 Å². The van der Waals surface area contributed by atoms with E-state index in [0.29, 0.717) is 6.04 Å². The zero-order valence-corrected chi connectivity index (χ0v) is 14.4. The van der Waals surface area contributed by atoms with Crippen LogP contribution in [0.3, 0.4) is 0 Å². The zero-order valence-electron chi connectivity index (χ0n) is 13.6. The Morgan fingerprint density at radius 1 is 1.38 bits per heavy atom. The highest BCUT2D eigenvalue weighted by molar-refractivity contribution is 6.30. The summed E-state index contributed by atoms with van der Waals surface area (Å²) in [5.41, 5.74) is 1.23. The Morgan fingerprint density at radius 3 is 2.62 bits per heavy atom. The number of benzene rings is 1. The van der Waals surface area contributed by atoms with Crippen molar-refractivity contribution in [3.05, 3.63) is 34.6 Å². The van der Waals surface area contributed by atoms with Crippen LogP contribution in [0.15, 0.2) is 18.2 Å². The lowest BCUT2D eigenvalue weighted by Crippen LogP contribution is -2.64. The summed E-state index contributed by atoms with van der Waals surface area (Å²) in [6.07, 6.45) is 0. The first-order chi connectivity index (χ1) is 9.58. The molecule has 2 rings (SSSR count). The smallest absolute Gasteiger partial charge is 0.142 e. The fourth-order valence-electron chi connectivity index (χ4n) is 3.07. The summed E-state index contributed by atoms with van der Waals surface area (Å²) < 4.78 is 13.7. The van der Waals surface area contributed by atoms with E-state index in [1.54, 1.807) is 12.1 Å². The van der Waals surface area contributed by atoms with Crippen LogP contribution in [-0.4, -0.2) is 29.6 Å². The van der Waals surface area contributed by atoms with E-state index >= 15 is 0 Å². The van der Waals surface area contributed by atoms with Gasteiger partial charge in [0.15, 0.2) is 0 Å². The van der Waals surface area contributed by atoms with Crippen LogP contribution >= 0.6 is 11.6 Å². The molecule has 1 atom stereocenters. The lowest BCUT2D eigenvalue weighted by molar-refractivity contribution is 0.0271. The molecular weight excluding hydrogens is 287 g/mol. The van der Waals surface area contributed by atoms with Crippen molar-refractivity contribution in [1.82, 2.24) is 10.2 Å². The zero-order chi connectivity index (χ0) is 15.8. The van der Waals surface area contributed by atoms with Gasteiger partial charge >= 0.3 is 0 Å². The minimum Gasteiger partial charge on any atom is -0.309 e. The lowest BCUT2D eigenvalue weighted by atomic mass is 9.82. The number of nitrogens with one attached hydrogen (secondary N) is 1. The van der Waals surface area contributed by atoms with Gasteiger partial charge in [-0.2, -0.15) is 0 Å². The first kappa shape index (κ1) is 16.7. The predicted octanol–water partition coefficient (Wildman–Crippen LogP) is 4.08. The summed E-state index contributed by atoms with van der Waals surface area (Å²) in [6.45, 7) is 13.8. The van der Waals surface area contributed by atoms with E-state index in [4.69, 9.17) is 11.6 Å². The highest BCUT2D eigenvalue weighted by atomic mass is 35.5. The minimum atomic E-state index is -0.337. The second kappa shape index (κ2) is 5.86. The van der Waals surface area contributed by atoms with Crippen LogP contribution < -0.4 is 5.32 Å². The first-order valence-corrected chi connectivity index (χ1v) is 7.89. The van der Waals surface area contributed by atoms with Crippen molar-refractivity contribution in [2.45, 2.75) is 52.7 Å². The molecule has 1 aliphatic heterocycles. The van der Waals surface area contributed by atoms with E-state index in [1.165, 1.54) is 0 Å². The molecular formula is C17H26ClFN2. The average Bonchev–Trinajstić information content (AvgIpc) is 2.31. The molecule has 0 aromatic heterocycles. The number of rotatable bonds is 2. The Kier molecular flexibility index (Phi) is 4.67. The summed E-state index contributed by atoms with van der Waals surface area (Å²) in [7, 11) is 0. The number of hydrogen-bond donors (Lipinski definition) is 1. The Hall–Kier alpha value is -0.640. The van der Waals surface area contributed by atoms with E-state index in [2.05, 4.69) is 44.8 Å². The molecule has 1 fully saturated rings. The molecule has 1 aromatic carbocycles. The maximum atomic E-state index is 13.7. The van der Waals surface area contributed by atoms with Gasteiger partial charge in [0.1, 0.15) is 5.82 Å². The van der Waals surface area contributed by atoms with Crippen molar-refractivity contribution in [2.75, 3.05) is 13.1 Å².